The Labute approximate surface area is 138 Å². The summed E-state index contributed by atoms with van der Waals surface area (Å²) < 4.78 is 44.3. The van der Waals surface area contributed by atoms with E-state index in [0.717, 1.165) is 18.9 Å². The van der Waals surface area contributed by atoms with Gasteiger partial charge in [0.05, 0.1) is 0 Å². The first kappa shape index (κ1) is 17.1. The normalized spacial score (nSPS) is 20.7. The quantitative estimate of drug-likeness (QED) is 0.824. The number of amides is 1. The lowest BCUT2D eigenvalue weighted by molar-refractivity contribution is -0.141. The number of carbonyl (C=O) groups is 1. The zero-order chi connectivity index (χ0) is 17.8. The molecule has 24 heavy (non-hydrogen) atoms. The van der Waals surface area contributed by atoms with E-state index in [1.165, 1.54) is 10.9 Å². The minimum atomic E-state index is -4.39. The second kappa shape index (κ2) is 5.39. The monoisotopic (exact) mass is 345 g/mol. The Bertz CT molecular complexity index is 619. The lowest BCUT2D eigenvalue weighted by atomic mass is 9.58. The van der Waals surface area contributed by atoms with Crippen LogP contribution in [0.25, 0.3) is 0 Å². The lowest BCUT2D eigenvalue weighted by Gasteiger charge is -2.58. The lowest BCUT2D eigenvalue weighted by Crippen LogP contribution is -2.64. The van der Waals surface area contributed by atoms with Crippen molar-refractivity contribution in [2.75, 3.05) is 13.1 Å². The molecule has 8 heteroatoms. The second-order valence-corrected chi connectivity index (χ2v) is 8.03. The van der Waals surface area contributed by atoms with Gasteiger partial charge in [0.25, 0.3) is 0 Å². The molecule has 0 bridgehead atoms. The number of rotatable bonds is 2. The van der Waals surface area contributed by atoms with E-state index in [0.29, 0.717) is 25.6 Å². The van der Waals surface area contributed by atoms with Crippen molar-refractivity contribution in [3.8, 4) is 0 Å². The number of halogens is 3. The zero-order valence-electron chi connectivity index (χ0n) is 14.1. The first-order valence-electron chi connectivity index (χ1n) is 8.04. The Morgan fingerprint density at radius 1 is 1.33 bits per heavy atom. The van der Waals surface area contributed by atoms with E-state index >= 15 is 0 Å². The number of nitrogens with zero attached hydrogens (tertiary/aromatic N) is 3. The van der Waals surface area contributed by atoms with Crippen molar-refractivity contribution < 1.29 is 22.7 Å². The summed E-state index contributed by atoms with van der Waals surface area (Å²) in [5.41, 5.74) is -1.23. The molecule has 1 amide bonds. The van der Waals surface area contributed by atoms with Crippen molar-refractivity contribution in [1.82, 2.24) is 14.7 Å². The van der Waals surface area contributed by atoms with E-state index in [9.17, 15) is 18.0 Å². The van der Waals surface area contributed by atoms with Crippen LogP contribution in [0.5, 0.6) is 0 Å². The molecule has 0 unspecified atom stereocenters. The number of hydrogen-bond acceptors (Lipinski definition) is 3. The Kier molecular flexibility index (Phi) is 3.84. The molecule has 2 fully saturated rings. The maximum absolute atomic E-state index is 12.5. The Morgan fingerprint density at radius 2 is 1.96 bits per heavy atom. The number of hydrogen-bond donors (Lipinski definition) is 0. The van der Waals surface area contributed by atoms with Crippen LogP contribution >= 0.6 is 0 Å². The van der Waals surface area contributed by atoms with Gasteiger partial charge in [0, 0.05) is 31.2 Å². The molecule has 0 aromatic carbocycles. The molecule has 1 saturated carbocycles. The van der Waals surface area contributed by atoms with Crippen LogP contribution in [0.3, 0.4) is 0 Å². The molecule has 0 radical (unpaired) electrons. The predicted molar refractivity (Wildman–Crippen MR) is 80.2 cm³/mol. The van der Waals surface area contributed by atoms with Crippen LogP contribution in [0.4, 0.5) is 18.0 Å². The van der Waals surface area contributed by atoms with Gasteiger partial charge in [-0.15, -0.1) is 0 Å². The van der Waals surface area contributed by atoms with E-state index in [1.807, 2.05) is 20.8 Å². The van der Waals surface area contributed by atoms with Crippen molar-refractivity contribution in [3.05, 3.63) is 18.0 Å². The highest BCUT2D eigenvalue weighted by atomic mass is 19.4. The highest BCUT2D eigenvalue weighted by molar-refractivity contribution is 5.69. The van der Waals surface area contributed by atoms with Crippen molar-refractivity contribution in [3.63, 3.8) is 0 Å². The van der Waals surface area contributed by atoms with Gasteiger partial charge >= 0.3 is 12.3 Å². The standard InChI is InChI=1S/C16H22F3N3O2/c1-14(2,3)24-13(23)21-9-15(10-21)6-11(7-15)8-22-5-4-12(20-22)16(17,18)19/h4-5,11H,6-10H2,1-3H3. The maximum atomic E-state index is 12.5. The van der Waals surface area contributed by atoms with Gasteiger partial charge in [-0.05, 0) is 45.6 Å². The molecule has 2 aliphatic rings. The van der Waals surface area contributed by atoms with E-state index < -0.39 is 17.5 Å². The van der Waals surface area contributed by atoms with Crippen LogP contribution in [-0.2, 0) is 17.5 Å². The molecule has 1 aromatic heterocycles. The van der Waals surface area contributed by atoms with Crippen molar-refractivity contribution in [1.29, 1.82) is 0 Å². The average Bonchev–Trinajstić information content (AvgIpc) is 2.75. The molecule has 1 aliphatic carbocycles. The number of alkyl halides is 3. The first-order valence-corrected chi connectivity index (χ1v) is 8.04. The van der Waals surface area contributed by atoms with Gasteiger partial charge in [0.2, 0.25) is 0 Å². The second-order valence-electron chi connectivity index (χ2n) is 8.03. The highest BCUT2D eigenvalue weighted by Gasteiger charge is 2.54. The molecule has 1 aromatic rings. The molecule has 5 nitrogen and oxygen atoms in total. The fourth-order valence-electron chi connectivity index (χ4n) is 3.65. The molecule has 2 heterocycles. The van der Waals surface area contributed by atoms with Crippen LogP contribution in [0.15, 0.2) is 12.3 Å². The minimum absolute atomic E-state index is 0.127. The van der Waals surface area contributed by atoms with Crippen LogP contribution in [0.2, 0.25) is 0 Å². The van der Waals surface area contributed by atoms with Gasteiger partial charge in [-0.2, -0.15) is 18.3 Å². The topological polar surface area (TPSA) is 47.4 Å². The third kappa shape index (κ3) is 3.52. The van der Waals surface area contributed by atoms with Gasteiger partial charge in [-0.25, -0.2) is 4.79 Å². The van der Waals surface area contributed by atoms with E-state index in [2.05, 4.69) is 5.10 Å². The largest absolute Gasteiger partial charge is 0.444 e. The molecule has 1 spiro atoms. The van der Waals surface area contributed by atoms with E-state index in [-0.39, 0.29) is 11.5 Å². The van der Waals surface area contributed by atoms with E-state index in [1.54, 1.807) is 4.90 Å². The Hall–Kier alpha value is -1.73. The Morgan fingerprint density at radius 3 is 2.46 bits per heavy atom. The minimum Gasteiger partial charge on any atom is -0.444 e. The first-order chi connectivity index (χ1) is 11.0. The summed E-state index contributed by atoms with van der Waals surface area (Å²) in [5, 5.41) is 3.59. The molecule has 3 rings (SSSR count). The summed E-state index contributed by atoms with van der Waals surface area (Å²) >= 11 is 0. The van der Waals surface area contributed by atoms with Crippen molar-refractivity contribution in [2.45, 2.75) is 51.9 Å². The van der Waals surface area contributed by atoms with Gasteiger partial charge in [-0.3, -0.25) is 4.68 Å². The van der Waals surface area contributed by atoms with Crippen molar-refractivity contribution in [2.24, 2.45) is 11.3 Å². The molecule has 1 aliphatic heterocycles. The predicted octanol–water partition coefficient (Wildman–Crippen LogP) is 3.55. The SMILES string of the molecule is CC(C)(C)OC(=O)N1CC2(CC(Cn3ccc(C(F)(F)F)n3)C2)C1. The number of aromatic nitrogens is 2. The highest BCUT2D eigenvalue weighted by Crippen LogP contribution is 2.52. The summed E-state index contributed by atoms with van der Waals surface area (Å²) in [6.07, 6.45) is -1.49. The molecular weight excluding hydrogens is 323 g/mol. The average molecular weight is 345 g/mol. The summed E-state index contributed by atoms with van der Waals surface area (Å²) in [7, 11) is 0. The van der Waals surface area contributed by atoms with Crippen LogP contribution in [-0.4, -0.2) is 39.5 Å². The maximum Gasteiger partial charge on any atom is 0.435 e. The summed E-state index contributed by atoms with van der Waals surface area (Å²) in [5.74, 6) is 0.312. The molecule has 0 atom stereocenters. The van der Waals surface area contributed by atoms with E-state index in [4.69, 9.17) is 4.74 Å². The molecular formula is C16H22F3N3O2. The Balaban J connectivity index is 1.44. The van der Waals surface area contributed by atoms with Crippen LogP contribution in [0.1, 0.15) is 39.3 Å². The van der Waals surface area contributed by atoms with Gasteiger partial charge < -0.3 is 9.64 Å². The summed E-state index contributed by atoms with van der Waals surface area (Å²) in [6.45, 7) is 7.33. The third-order valence-corrected chi connectivity index (χ3v) is 4.52. The molecule has 134 valence electrons. The van der Waals surface area contributed by atoms with Gasteiger partial charge in [0.15, 0.2) is 5.69 Å². The smallest absolute Gasteiger partial charge is 0.435 e. The summed E-state index contributed by atoms with van der Waals surface area (Å²) in [4.78, 5) is 13.6. The number of ether oxygens (including phenoxy) is 1. The summed E-state index contributed by atoms with van der Waals surface area (Å²) in [6, 6.07) is 1.00. The third-order valence-electron chi connectivity index (χ3n) is 4.52. The van der Waals surface area contributed by atoms with Crippen LogP contribution in [0, 0.1) is 11.3 Å². The van der Waals surface area contributed by atoms with Crippen molar-refractivity contribution >= 4 is 6.09 Å². The van der Waals surface area contributed by atoms with Gasteiger partial charge in [0.1, 0.15) is 5.60 Å². The fourth-order valence-corrected chi connectivity index (χ4v) is 3.65. The number of likely N-dealkylation sites (tertiary alicyclic amines) is 1. The fraction of sp³-hybridized carbons (Fsp3) is 0.750. The zero-order valence-corrected chi connectivity index (χ0v) is 14.1. The number of carbonyl (C=O) groups excluding carboxylic acids is 1. The van der Waals surface area contributed by atoms with Crippen LogP contribution < -0.4 is 0 Å². The molecule has 0 N–H and O–H groups in total. The molecule has 1 saturated heterocycles. The van der Waals surface area contributed by atoms with Gasteiger partial charge in [-0.1, -0.05) is 0 Å².